The molecule has 2 heterocycles. The Bertz CT molecular complexity index is 907. The zero-order chi connectivity index (χ0) is 17.4. The average molecular weight is 354 g/mol. The number of benzene rings is 1. The lowest BCUT2D eigenvalue weighted by atomic mass is 9.95. The zero-order valence-corrected chi connectivity index (χ0v) is 15.6. The highest BCUT2D eigenvalue weighted by Gasteiger charge is 2.21. The summed E-state index contributed by atoms with van der Waals surface area (Å²) in [4.78, 5) is 4.95. The summed E-state index contributed by atoms with van der Waals surface area (Å²) in [6, 6.07) is 12.8. The minimum atomic E-state index is 0.510. The number of nitrogens with one attached hydrogen (secondary N) is 1. The number of rotatable bonds is 3. The van der Waals surface area contributed by atoms with E-state index in [1.165, 1.54) is 43.4 Å². The number of pyridine rings is 1. The van der Waals surface area contributed by atoms with Gasteiger partial charge in [0.15, 0.2) is 0 Å². The molecule has 25 heavy (non-hydrogen) atoms. The standard InChI is InChI=1S/C21H24ClN3/c1-14-12-15(2)25-19(13-14)24-20(17-10-6-7-11-18(17)22)21(25)23-16-8-4-3-5-9-16/h6-7,10-13,16,23H,3-5,8-9H2,1-2H3. The van der Waals surface area contributed by atoms with E-state index in [2.05, 4.69) is 41.8 Å². The van der Waals surface area contributed by atoms with E-state index in [1.54, 1.807) is 0 Å². The maximum atomic E-state index is 6.50. The zero-order valence-electron chi connectivity index (χ0n) is 14.8. The van der Waals surface area contributed by atoms with Crippen LogP contribution in [0.4, 0.5) is 5.82 Å². The smallest absolute Gasteiger partial charge is 0.139 e. The first kappa shape index (κ1) is 16.5. The second kappa shape index (κ2) is 6.72. The Morgan fingerprint density at radius 3 is 2.60 bits per heavy atom. The fraction of sp³-hybridized carbons (Fsp3) is 0.381. The molecule has 130 valence electrons. The van der Waals surface area contributed by atoms with E-state index in [0.29, 0.717) is 6.04 Å². The summed E-state index contributed by atoms with van der Waals surface area (Å²) >= 11 is 6.50. The minimum absolute atomic E-state index is 0.510. The second-order valence-corrected chi connectivity index (χ2v) is 7.54. The lowest BCUT2D eigenvalue weighted by Crippen LogP contribution is -2.23. The lowest BCUT2D eigenvalue weighted by Gasteiger charge is -2.24. The average Bonchev–Trinajstić information content (AvgIpc) is 2.94. The molecule has 2 aromatic heterocycles. The summed E-state index contributed by atoms with van der Waals surface area (Å²) in [5.41, 5.74) is 5.34. The first-order valence-corrected chi connectivity index (χ1v) is 9.52. The maximum Gasteiger partial charge on any atom is 0.139 e. The Balaban J connectivity index is 1.90. The van der Waals surface area contributed by atoms with E-state index in [9.17, 15) is 0 Å². The van der Waals surface area contributed by atoms with Crippen LogP contribution in [0.25, 0.3) is 16.9 Å². The van der Waals surface area contributed by atoms with Crippen LogP contribution in [-0.4, -0.2) is 15.4 Å². The highest BCUT2D eigenvalue weighted by atomic mass is 35.5. The van der Waals surface area contributed by atoms with Crippen molar-refractivity contribution >= 4 is 23.1 Å². The Kier molecular flexibility index (Phi) is 4.43. The molecule has 0 atom stereocenters. The monoisotopic (exact) mass is 353 g/mol. The van der Waals surface area contributed by atoms with E-state index in [4.69, 9.17) is 16.6 Å². The van der Waals surface area contributed by atoms with Gasteiger partial charge in [0.25, 0.3) is 0 Å². The Morgan fingerprint density at radius 2 is 1.84 bits per heavy atom. The number of anilines is 1. The lowest BCUT2D eigenvalue weighted by molar-refractivity contribution is 0.461. The molecule has 0 spiro atoms. The molecule has 1 saturated carbocycles. The van der Waals surface area contributed by atoms with E-state index in [1.807, 2.05) is 18.2 Å². The predicted molar refractivity (Wildman–Crippen MR) is 106 cm³/mol. The van der Waals surface area contributed by atoms with Crippen molar-refractivity contribution in [2.24, 2.45) is 0 Å². The molecule has 1 N–H and O–H groups in total. The Morgan fingerprint density at radius 1 is 1.08 bits per heavy atom. The van der Waals surface area contributed by atoms with Gasteiger partial charge in [-0.25, -0.2) is 4.98 Å². The molecule has 4 heteroatoms. The summed E-state index contributed by atoms with van der Waals surface area (Å²) in [6.07, 6.45) is 6.39. The van der Waals surface area contributed by atoms with Gasteiger partial charge in [-0.2, -0.15) is 0 Å². The largest absolute Gasteiger partial charge is 0.367 e. The van der Waals surface area contributed by atoms with E-state index in [0.717, 1.165) is 27.7 Å². The third-order valence-electron chi connectivity index (χ3n) is 5.12. The molecule has 3 nitrogen and oxygen atoms in total. The van der Waals surface area contributed by atoms with Gasteiger partial charge in [-0.3, -0.25) is 4.40 Å². The van der Waals surface area contributed by atoms with Crippen LogP contribution in [0, 0.1) is 13.8 Å². The summed E-state index contributed by atoms with van der Waals surface area (Å²) < 4.78 is 2.24. The Hall–Kier alpha value is -2.00. The summed E-state index contributed by atoms with van der Waals surface area (Å²) in [5.74, 6) is 1.08. The molecule has 0 saturated heterocycles. The van der Waals surface area contributed by atoms with Crippen molar-refractivity contribution in [3.05, 3.63) is 52.7 Å². The van der Waals surface area contributed by atoms with Crippen LogP contribution in [0.5, 0.6) is 0 Å². The summed E-state index contributed by atoms with van der Waals surface area (Å²) in [6.45, 7) is 4.26. The summed E-state index contributed by atoms with van der Waals surface area (Å²) in [7, 11) is 0. The fourth-order valence-electron chi connectivity index (χ4n) is 3.95. The first-order chi connectivity index (χ1) is 12.1. The van der Waals surface area contributed by atoms with Crippen LogP contribution >= 0.6 is 11.6 Å². The maximum absolute atomic E-state index is 6.50. The van der Waals surface area contributed by atoms with E-state index in [-0.39, 0.29) is 0 Å². The first-order valence-electron chi connectivity index (χ1n) is 9.14. The molecule has 0 radical (unpaired) electrons. The molecule has 1 aliphatic rings. The number of fused-ring (bicyclic) bond motifs is 1. The van der Waals surface area contributed by atoms with Gasteiger partial charge < -0.3 is 5.32 Å². The van der Waals surface area contributed by atoms with Gasteiger partial charge in [-0.1, -0.05) is 49.1 Å². The fourth-order valence-corrected chi connectivity index (χ4v) is 4.17. The minimum Gasteiger partial charge on any atom is -0.367 e. The molecule has 0 bridgehead atoms. The van der Waals surface area contributed by atoms with Gasteiger partial charge in [0, 0.05) is 17.3 Å². The number of halogens is 1. The van der Waals surface area contributed by atoms with Crippen molar-refractivity contribution < 1.29 is 0 Å². The molecular formula is C21H24ClN3. The van der Waals surface area contributed by atoms with E-state index < -0.39 is 0 Å². The molecule has 3 aromatic rings. The quantitative estimate of drug-likeness (QED) is 0.624. The summed E-state index contributed by atoms with van der Waals surface area (Å²) in [5, 5.41) is 4.54. The van der Waals surface area contributed by atoms with Crippen LogP contribution in [0.2, 0.25) is 5.02 Å². The van der Waals surface area contributed by atoms with Crippen molar-refractivity contribution in [3.8, 4) is 11.3 Å². The highest BCUT2D eigenvalue weighted by Crippen LogP contribution is 2.36. The van der Waals surface area contributed by atoms with Gasteiger partial charge in [0.1, 0.15) is 17.2 Å². The van der Waals surface area contributed by atoms with Crippen LogP contribution in [0.1, 0.15) is 43.4 Å². The van der Waals surface area contributed by atoms with Crippen LogP contribution in [-0.2, 0) is 0 Å². The molecule has 1 fully saturated rings. The number of imidazole rings is 1. The third kappa shape index (κ3) is 3.13. The SMILES string of the molecule is Cc1cc(C)n2c(NC3CCCCC3)c(-c3ccccc3Cl)nc2c1. The van der Waals surface area contributed by atoms with Crippen LogP contribution in [0.3, 0.4) is 0 Å². The topological polar surface area (TPSA) is 29.3 Å². The Labute approximate surface area is 154 Å². The predicted octanol–water partition coefficient (Wildman–Crippen LogP) is 6.02. The molecular weight excluding hydrogens is 330 g/mol. The van der Waals surface area contributed by atoms with Crippen molar-refractivity contribution in [2.75, 3.05) is 5.32 Å². The van der Waals surface area contributed by atoms with Gasteiger partial charge in [-0.05, 0) is 50.5 Å². The molecule has 4 rings (SSSR count). The van der Waals surface area contributed by atoms with E-state index >= 15 is 0 Å². The van der Waals surface area contributed by atoms with Gasteiger partial charge in [-0.15, -0.1) is 0 Å². The molecule has 0 amide bonds. The van der Waals surface area contributed by atoms with Crippen LogP contribution in [0.15, 0.2) is 36.4 Å². The van der Waals surface area contributed by atoms with Gasteiger partial charge >= 0.3 is 0 Å². The number of nitrogens with zero attached hydrogens (tertiary/aromatic N) is 2. The van der Waals surface area contributed by atoms with Gasteiger partial charge in [0.05, 0.1) is 5.02 Å². The van der Waals surface area contributed by atoms with Gasteiger partial charge in [0.2, 0.25) is 0 Å². The molecule has 0 aliphatic heterocycles. The second-order valence-electron chi connectivity index (χ2n) is 7.14. The number of hydrogen-bond donors (Lipinski definition) is 1. The molecule has 1 aromatic carbocycles. The van der Waals surface area contributed by atoms with Crippen molar-refractivity contribution in [3.63, 3.8) is 0 Å². The number of aryl methyl sites for hydroxylation is 2. The number of hydrogen-bond acceptors (Lipinski definition) is 2. The molecule has 1 aliphatic carbocycles. The van der Waals surface area contributed by atoms with Crippen molar-refractivity contribution in [1.29, 1.82) is 0 Å². The van der Waals surface area contributed by atoms with Crippen molar-refractivity contribution in [1.82, 2.24) is 9.38 Å². The number of aromatic nitrogens is 2. The van der Waals surface area contributed by atoms with Crippen LogP contribution < -0.4 is 5.32 Å². The normalized spacial score (nSPS) is 15.6. The third-order valence-corrected chi connectivity index (χ3v) is 5.45. The highest BCUT2D eigenvalue weighted by molar-refractivity contribution is 6.33. The van der Waals surface area contributed by atoms with Crippen molar-refractivity contribution in [2.45, 2.75) is 52.0 Å². The molecule has 0 unspecified atom stereocenters.